The first-order chi connectivity index (χ1) is 8.65. The minimum Gasteiger partial charge on any atom is -0.463 e. The molecular weight excluding hydrogens is 250 g/mol. The maximum absolute atomic E-state index is 11.3. The second-order valence-corrected chi connectivity index (χ2v) is 5.13. The molecule has 0 atom stereocenters. The molecule has 1 aromatic heterocycles. The van der Waals surface area contributed by atoms with E-state index in [1.165, 1.54) is 11.8 Å². The summed E-state index contributed by atoms with van der Waals surface area (Å²) >= 11 is 1.42. The molecule has 0 bridgehead atoms. The van der Waals surface area contributed by atoms with Crippen LogP contribution in [-0.2, 0) is 9.53 Å². The zero-order valence-electron chi connectivity index (χ0n) is 10.4. The van der Waals surface area contributed by atoms with Crippen molar-refractivity contribution in [3.63, 3.8) is 0 Å². The number of rotatable bonds is 5. The Balaban J connectivity index is 1.85. The number of fused-ring (bicyclic) bond motifs is 1. The number of aromatic nitrogens is 1. The van der Waals surface area contributed by atoms with Crippen molar-refractivity contribution in [2.45, 2.75) is 31.6 Å². The average Bonchev–Trinajstić information content (AvgIpc) is 2.70. The molecular formula is C13H15NO3S. The molecule has 0 aliphatic carbocycles. The van der Waals surface area contributed by atoms with Gasteiger partial charge in [0.15, 0.2) is 5.58 Å². The molecule has 0 fully saturated rings. The van der Waals surface area contributed by atoms with Crippen LogP contribution in [0.2, 0.25) is 0 Å². The Morgan fingerprint density at radius 3 is 2.94 bits per heavy atom. The predicted molar refractivity (Wildman–Crippen MR) is 70.6 cm³/mol. The maximum atomic E-state index is 11.3. The van der Waals surface area contributed by atoms with E-state index in [9.17, 15) is 4.79 Å². The first-order valence-electron chi connectivity index (χ1n) is 5.83. The third-order valence-corrected chi connectivity index (χ3v) is 3.00. The Morgan fingerprint density at radius 2 is 2.22 bits per heavy atom. The summed E-state index contributed by atoms with van der Waals surface area (Å²) in [5.41, 5.74) is 1.61. The summed E-state index contributed by atoms with van der Waals surface area (Å²) in [7, 11) is 0. The lowest BCUT2D eigenvalue weighted by atomic mass is 10.3. The van der Waals surface area contributed by atoms with Crippen LogP contribution >= 0.6 is 11.8 Å². The maximum Gasteiger partial charge on any atom is 0.306 e. The van der Waals surface area contributed by atoms with Gasteiger partial charge in [0.05, 0.1) is 12.5 Å². The lowest BCUT2D eigenvalue weighted by Crippen LogP contribution is -2.11. The van der Waals surface area contributed by atoms with E-state index in [1.54, 1.807) is 0 Å². The number of hydrogen-bond donors (Lipinski definition) is 0. The number of thioether (sulfide) groups is 1. The number of nitrogens with zero attached hydrogens (tertiary/aromatic N) is 1. The molecule has 5 heteroatoms. The molecule has 0 saturated carbocycles. The molecule has 0 spiro atoms. The van der Waals surface area contributed by atoms with Gasteiger partial charge in [-0.2, -0.15) is 0 Å². The topological polar surface area (TPSA) is 52.3 Å². The minimum absolute atomic E-state index is 0.0631. The van der Waals surface area contributed by atoms with Crippen LogP contribution < -0.4 is 0 Å². The molecule has 0 radical (unpaired) electrons. The molecule has 0 saturated heterocycles. The Hall–Kier alpha value is -1.49. The molecule has 18 heavy (non-hydrogen) atoms. The van der Waals surface area contributed by atoms with Crippen LogP contribution in [0.25, 0.3) is 11.1 Å². The molecule has 0 amide bonds. The summed E-state index contributed by atoms with van der Waals surface area (Å²) in [4.78, 5) is 15.6. The summed E-state index contributed by atoms with van der Waals surface area (Å²) in [5, 5.41) is 0.591. The van der Waals surface area contributed by atoms with Gasteiger partial charge in [0.1, 0.15) is 5.52 Å². The van der Waals surface area contributed by atoms with E-state index in [0.29, 0.717) is 17.4 Å². The van der Waals surface area contributed by atoms with E-state index in [-0.39, 0.29) is 12.1 Å². The highest BCUT2D eigenvalue weighted by Crippen LogP contribution is 2.23. The second-order valence-electron chi connectivity index (χ2n) is 4.08. The van der Waals surface area contributed by atoms with Crippen molar-refractivity contribution in [1.29, 1.82) is 0 Å². The first-order valence-corrected chi connectivity index (χ1v) is 6.81. The summed E-state index contributed by atoms with van der Waals surface area (Å²) in [6, 6.07) is 7.59. The molecule has 0 aliphatic rings. The van der Waals surface area contributed by atoms with Crippen molar-refractivity contribution in [3.05, 3.63) is 24.3 Å². The van der Waals surface area contributed by atoms with Gasteiger partial charge in [0, 0.05) is 5.75 Å². The van der Waals surface area contributed by atoms with Crippen molar-refractivity contribution in [1.82, 2.24) is 4.98 Å². The van der Waals surface area contributed by atoms with E-state index < -0.39 is 0 Å². The molecule has 0 unspecified atom stereocenters. The number of ether oxygens (including phenoxy) is 1. The zero-order chi connectivity index (χ0) is 13.0. The zero-order valence-corrected chi connectivity index (χ0v) is 11.2. The average molecular weight is 265 g/mol. The van der Waals surface area contributed by atoms with E-state index in [1.807, 2.05) is 38.1 Å². The Bertz CT molecular complexity index is 503. The highest BCUT2D eigenvalue weighted by molar-refractivity contribution is 7.99. The van der Waals surface area contributed by atoms with E-state index >= 15 is 0 Å². The number of carbonyl (C=O) groups is 1. The number of oxazole rings is 1. The van der Waals surface area contributed by atoms with Crippen molar-refractivity contribution < 1.29 is 13.9 Å². The molecule has 1 aromatic carbocycles. The number of hydrogen-bond acceptors (Lipinski definition) is 5. The quantitative estimate of drug-likeness (QED) is 0.613. The minimum atomic E-state index is -0.186. The predicted octanol–water partition coefficient (Wildman–Crippen LogP) is 3.26. The van der Waals surface area contributed by atoms with E-state index in [4.69, 9.17) is 9.15 Å². The van der Waals surface area contributed by atoms with Gasteiger partial charge in [-0.1, -0.05) is 23.9 Å². The van der Waals surface area contributed by atoms with Gasteiger partial charge < -0.3 is 9.15 Å². The Morgan fingerprint density at radius 1 is 1.44 bits per heavy atom. The molecule has 2 rings (SSSR count). The van der Waals surface area contributed by atoms with E-state index in [2.05, 4.69) is 4.98 Å². The molecule has 4 nitrogen and oxygen atoms in total. The van der Waals surface area contributed by atoms with Crippen LogP contribution in [0, 0.1) is 0 Å². The lowest BCUT2D eigenvalue weighted by Gasteiger charge is -2.06. The normalized spacial score (nSPS) is 11.1. The SMILES string of the molecule is CC(C)OC(=O)CCSc1nc2ccccc2o1. The fraction of sp³-hybridized carbons (Fsp3) is 0.385. The molecule has 1 heterocycles. The van der Waals surface area contributed by atoms with Crippen molar-refractivity contribution in [2.75, 3.05) is 5.75 Å². The summed E-state index contributed by atoms with van der Waals surface area (Å²) in [5.74, 6) is 0.423. The molecule has 2 aromatic rings. The standard InChI is InChI=1S/C13H15NO3S/c1-9(2)16-12(15)7-8-18-13-14-10-5-3-4-6-11(10)17-13/h3-6,9H,7-8H2,1-2H3. The summed E-state index contributed by atoms with van der Waals surface area (Å²) < 4.78 is 10.6. The van der Waals surface area contributed by atoms with Gasteiger partial charge >= 0.3 is 5.97 Å². The van der Waals surface area contributed by atoms with Gasteiger partial charge in [0.2, 0.25) is 0 Å². The first kappa shape index (κ1) is 13.0. The third kappa shape index (κ3) is 3.50. The smallest absolute Gasteiger partial charge is 0.306 e. The van der Waals surface area contributed by atoms with Crippen molar-refractivity contribution in [3.8, 4) is 0 Å². The summed E-state index contributed by atoms with van der Waals surface area (Å²) in [6.07, 6.45) is 0.300. The number of esters is 1. The van der Waals surface area contributed by atoms with Crippen LogP contribution in [0.4, 0.5) is 0 Å². The Kier molecular flexibility index (Phi) is 4.25. The third-order valence-electron chi connectivity index (χ3n) is 2.17. The van der Waals surface area contributed by atoms with Crippen LogP contribution in [0.1, 0.15) is 20.3 Å². The summed E-state index contributed by atoms with van der Waals surface area (Å²) in [6.45, 7) is 3.68. The Labute approximate surface area is 110 Å². The highest BCUT2D eigenvalue weighted by atomic mass is 32.2. The van der Waals surface area contributed by atoms with Gasteiger partial charge in [-0.15, -0.1) is 0 Å². The number of benzene rings is 1. The van der Waals surface area contributed by atoms with Crippen LogP contribution in [-0.4, -0.2) is 22.8 Å². The monoisotopic (exact) mass is 265 g/mol. The number of carbonyl (C=O) groups excluding carboxylic acids is 1. The lowest BCUT2D eigenvalue weighted by molar-refractivity contribution is -0.146. The van der Waals surface area contributed by atoms with Crippen LogP contribution in [0.15, 0.2) is 33.9 Å². The van der Waals surface area contributed by atoms with Crippen molar-refractivity contribution >= 4 is 28.8 Å². The molecule has 96 valence electrons. The number of para-hydroxylation sites is 2. The van der Waals surface area contributed by atoms with Crippen molar-refractivity contribution in [2.24, 2.45) is 0 Å². The van der Waals surface area contributed by atoms with Crippen LogP contribution in [0.5, 0.6) is 0 Å². The highest BCUT2D eigenvalue weighted by Gasteiger charge is 2.09. The fourth-order valence-electron chi connectivity index (χ4n) is 1.46. The van der Waals surface area contributed by atoms with Crippen LogP contribution in [0.3, 0.4) is 0 Å². The van der Waals surface area contributed by atoms with Gasteiger partial charge in [-0.25, -0.2) is 4.98 Å². The van der Waals surface area contributed by atoms with Gasteiger partial charge in [0.25, 0.3) is 5.22 Å². The van der Waals surface area contributed by atoms with Gasteiger partial charge in [-0.05, 0) is 26.0 Å². The van der Waals surface area contributed by atoms with E-state index in [0.717, 1.165) is 11.1 Å². The fourth-order valence-corrected chi connectivity index (χ4v) is 2.21. The van der Waals surface area contributed by atoms with Gasteiger partial charge in [-0.3, -0.25) is 4.79 Å². The molecule has 0 N–H and O–H groups in total. The molecule has 0 aliphatic heterocycles. The second kappa shape index (κ2) is 5.91. The largest absolute Gasteiger partial charge is 0.463 e.